The van der Waals surface area contributed by atoms with E-state index in [9.17, 15) is 23.1 Å². The molecule has 1 aromatic rings. The minimum absolute atomic E-state index is 0.127. The molecule has 7 nitrogen and oxygen atoms in total. The van der Waals surface area contributed by atoms with Gasteiger partial charge in [0.2, 0.25) is 15.9 Å². The van der Waals surface area contributed by atoms with Crippen LogP contribution in [0.3, 0.4) is 0 Å². The van der Waals surface area contributed by atoms with Crippen LogP contribution in [-0.4, -0.2) is 49.1 Å². The van der Waals surface area contributed by atoms with E-state index in [-0.39, 0.29) is 12.2 Å². The minimum atomic E-state index is -3.52. The predicted octanol–water partition coefficient (Wildman–Crippen LogP) is 0.774. The second kappa shape index (κ2) is 7.56. The van der Waals surface area contributed by atoms with Gasteiger partial charge in [0.1, 0.15) is 0 Å². The molecule has 0 fully saturated rings. The van der Waals surface area contributed by atoms with Crippen molar-refractivity contribution in [3.05, 3.63) is 35.9 Å². The predicted molar refractivity (Wildman–Crippen MR) is 86.3 cm³/mol. The standard InChI is InChI=1S/C15H22N2O5S/c1-4-15(14(19)20,12-9-7-6-8-10-12)16-13(18)11-17(3)23(21,22)5-2/h6-10H,4-5,11H2,1-3H3,(H,16,18)(H,19,20). The Morgan fingerprint density at radius 2 is 1.78 bits per heavy atom. The highest BCUT2D eigenvalue weighted by Gasteiger charge is 2.40. The van der Waals surface area contributed by atoms with Crippen LogP contribution in [0.4, 0.5) is 0 Å². The van der Waals surface area contributed by atoms with E-state index in [4.69, 9.17) is 0 Å². The van der Waals surface area contributed by atoms with E-state index in [1.54, 1.807) is 37.3 Å². The molecule has 0 spiro atoms. The van der Waals surface area contributed by atoms with Gasteiger partial charge in [-0.1, -0.05) is 37.3 Å². The summed E-state index contributed by atoms with van der Waals surface area (Å²) in [7, 11) is -2.23. The summed E-state index contributed by atoms with van der Waals surface area (Å²) in [6, 6.07) is 8.34. The third-order valence-corrected chi connectivity index (χ3v) is 5.53. The van der Waals surface area contributed by atoms with E-state index in [1.807, 2.05) is 0 Å². The monoisotopic (exact) mass is 342 g/mol. The number of nitrogens with zero attached hydrogens (tertiary/aromatic N) is 1. The molecule has 0 saturated heterocycles. The molecule has 0 aliphatic rings. The van der Waals surface area contributed by atoms with E-state index < -0.39 is 34.0 Å². The Bertz CT molecular complexity index is 660. The van der Waals surface area contributed by atoms with Gasteiger partial charge in [-0.05, 0) is 18.9 Å². The van der Waals surface area contributed by atoms with Gasteiger partial charge in [-0.2, -0.15) is 4.31 Å². The molecule has 23 heavy (non-hydrogen) atoms. The van der Waals surface area contributed by atoms with Gasteiger partial charge in [-0.25, -0.2) is 13.2 Å². The van der Waals surface area contributed by atoms with E-state index in [0.29, 0.717) is 5.56 Å². The molecule has 2 N–H and O–H groups in total. The first kappa shape index (κ1) is 19.1. The van der Waals surface area contributed by atoms with Gasteiger partial charge >= 0.3 is 5.97 Å². The van der Waals surface area contributed by atoms with E-state index in [2.05, 4.69) is 5.32 Å². The van der Waals surface area contributed by atoms with Crippen molar-refractivity contribution in [1.29, 1.82) is 0 Å². The third kappa shape index (κ3) is 4.29. The van der Waals surface area contributed by atoms with E-state index in [1.165, 1.54) is 14.0 Å². The topological polar surface area (TPSA) is 104 Å². The number of likely N-dealkylation sites (N-methyl/N-ethyl adjacent to an activating group) is 1. The zero-order valence-corrected chi connectivity index (χ0v) is 14.3. The van der Waals surface area contributed by atoms with Gasteiger partial charge in [0.25, 0.3) is 0 Å². The molecule has 0 saturated carbocycles. The molecule has 1 rings (SSSR count). The zero-order chi connectivity index (χ0) is 17.7. The highest BCUT2D eigenvalue weighted by atomic mass is 32.2. The van der Waals surface area contributed by atoms with Crippen molar-refractivity contribution in [2.24, 2.45) is 0 Å². The number of amides is 1. The number of carboxylic acids is 1. The lowest BCUT2D eigenvalue weighted by Gasteiger charge is -2.30. The lowest BCUT2D eigenvalue weighted by atomic mass is 9.87. The van der Waals surface area contributed by atoms with Gasteiger partial charge in [0.15, 0.2) is 5.54 Å². The summed E-state index contributed by atoms with van der Waals surface area (Å²) in [5, 5.41) is 12.1. The minimum Gasteiger partial charge on any atom is -0.479 e. The highest BCUT2D eigenvalue weighted by Crippen LogP contribution is 2.25. The fraction of sp³-hybridized carbons (Fsp3) is 0.467. The van der Waals surface area contributed by atoms with Crippen molar-refractivity contribution >= 4 is 21.9 Å². The Morgan fingerprint density at radius 1 is 1.22 bits per heavy atom. The van der Waals surface area contributed by atoms with Crippen molar-refractivity contribution < 1.29 is 23.1 Å². The second-order valence-electron chi connectivity index (χ2n) is 5.13. The Kier molecular flexibility index (Phi) is 6.28. The van der Waals surface area contributed by atoms with Crippen LogP contribution in [-0.2, 0) is 25.2 Å². The third-order valence-electron chi connectivity index (χ3n) is 3.72. The number of carbonyl (C=O) groups is 2. The molecule has 128 valence electrons. The molecule has 1 amide bonds. The number of hydrogen-bond donors (Lipinski definition) is 2. The number of carbonyl (C=O) groups excluding carboxylic acids is 1. The molecule has 1 aromatic carbocycles. The Labute approximate surface area is 136 Å². The van der Waals surface area contributed by atoms with Gasteiger partial charge in [0.05, 0.1) is 12.3 Å². The van der Waals surface area contributed by atoms with Crippen molar-refractivity contribution in [2.45, 2.75) is 25.8 Å². The number of carboxylic acid groups (broad SMARTS) is 1. The van der Waals surface area contributed by atoms with Crippen LogP contribution >= 0.6 is 0 Å². The summed E-state index contributed by atoms with van der Waals surface area (Å²) in [5.41, 5.74) is -1.15. The molecule has 1 unspecified atom stereocenters. The summed E-state index contributed by atoms with van der Waals surface area (Å²) in [4.78, 5) is 24.0. The van der Waals surface area contributed by atoms with Crippen molar-refractivity contribution in [1.82, 2.24) is 9.62 Å². The van der Waals surface area contributed by atoms with Crippen LogP contribution in [0.5, 0.6) is 0 Å². The van der Waals surface area contributed by atoms with Crippen LogP contribution in [0.2, 0.25) is 0 Å². The Morgan fingerprint density at radius 3 is 2.22 bits per heavy atom. The first-order valence-electron chi connectivity index (χ1n) is 7.23. The van der Waals surface area contributed by atoms with Crippen LogP contribution in [0, 0.1) is 0 Å². The molecule has 0 heterocycles. The largest absolute Gasteiger partial charge is 0.479 e. The fourth-order valence-electron chi connectivity index (χ4n) is 2.21. The SMILES string of the molecule is CCC(NC(=O)CN(C)S(=O)(=O)CC)(C(=O)O)c1ccccc1. The average molecular weight is 342 g/mol. The maximum atomic E-state index is 12.2. The smallest absolute Gasteiger partial charge is 0.334 e. The summed E-state index contributed by atoms with van der Waals surface area (Å²) < 4.78 is 24.3. The lowest BCUT2D eigenvalue weighted by molar-refractivity contribution is -0.148. The fourth-order valence-corrected chi connectivity index (χ4v) is 2.97. The molecule has 0 bridgehead atoms. The Hall–Kier alpha value is -1.93. The number of sulfonamides is 1. The van der Waals surface area contributed by atoms with Crippen molar-refractivity contribution in [3.63, 3.8) is 0 Å². The maximum absolute atomic E-state index is 12.2. The normalized spacial score (nSPS) is 14.3. The number of nitrogens with one attached hydrogen (secondary N) is 1. The zero-order valence-electron chi connectivity index (χ0n) is 13.4. The molecule has 0 aliphatic carbocycles. The lowest BCUT2D eigenvalue weighted by Crippen LogP contribution is -2.54. The molecule has 1 atom stereocenters. The van der Waals surface area contributed by atoms with Crippen LogP contribution in [0.1, 0.15) is 25.8 Å². The quantitative estimate of drug-likeness (QED) is 0.726. The summed E-state index contributed by atoms with van der Waals surface area (Å²) in [6.07, 6.45) is 0.127. The van der Waals surface area contributed by atoms with Crippen LogP contribution < -0.4 is 5.32 Å². The Balaban J connectivity index is 3.04. The summed E-state index contributed by atoms with van der Waals surface area (Å²) in [5.74, 6) is -1.99. The number of aliphatic carboxylic acids is 1. The number of benzene rings is 1. The van der Waals surface area contributed by atoms with Crippen molar-refractivity contribution in [3.8, 4) is 0 Å². The van der Waals surface area contributed by atoms with E-state index in [0.717, 1.165) is 4.31 Å². The maximum Gasteiger partial charge on any atom is 0.334 e. The van der Waals surface area contributed by atoms with E-state index >= 15 is 0 Å². The molecule has 0 aliphatic heterocycles. The van der Waals surface area contributed by atoms with Gasteiger partial charge in [0, 0.05) is 7.05 Å². The highest BCUT2D eigenvalue weighted by molar-refractivity contribution is 7.89. The number of rotatable bonds is 8. The van der Waals surface area contributed by atoms with Gasteiger partial charge in [-0.15, -0.1) is 0 Å². The van der Waals surface area contributed by atoms with Gasteiger partial charge in [-0.3, -0.25) is 4.79 Å². The first-order chi connectivity index (χ1) is 10.7. The number of hydrogen-bond acceptors (Lipinski definition) is 4. The first-order valence-corrected chi connectivity index (χ1v) is 8.84. The second-order valence-corrected chi connectivity index (χ2v) is 7.50. The van der Waals surface area contributed by atoms with Crippen molar-refractivity contribution in [2.75, 3.05) is 19.3 Å². The summed E-state index contributed by atoms with van der Waals surface area (Å²) in [6.45, 7) is 2.69. The molecule has 0 aromatic heterocycles. The van der Waals surface area contributed by atoms with Crippen LogP contribution in [0.25, 0.3) is 0 Å². The molecular formula is C15H22N2O5S. The molecule has 8 heteroatoms. The molecule has 0 radical (unpaired) electrons. The van der Waals surface area contributed by atoms with Gasteiger partial charge < -0.3 is 10.4 Å². The van der Waals surface area contributed by atoms with Crippen LogP contribution in [0.15, 0.2) is 30.3 Å². The average Bonchev–Trinajstić information content (AvgIpc) is 2.53. The summed E-state index contributed by atoms with van der Waals surface area (Å²) >= 11 is 0. The molecular weight excluding hydrogens is 320 g/mol.